The zero-order chi connectivity index (χ0) is 17.4. The molecule has 6 heteroatoms. The molecule has 132 valence electrons. The fourth-order valence-electron chi connectivity index (χ4n) is 2.73. The highest BCUT2D eigenvalue weighted by Crippen LogP contribution is 2.19. The Morgan fingerprint density at radius 1 is 1.29 bits per heavy atom. The fourth-order valence-corrected chi connectivity index (χ4v) is 2.73. The van der Waals surface area contributed by atoms with Crippen molar-refractivity contribution in [3.63, 3.8) is 0 Å². The molecule has 2 rings (SSSR count). The van der Waals surface area contributed by atoms with Gasteiger partial charge >= 0.3 is 0 Å². The van der Waals surface area contributed by atoms with Crippen molar-refractivity contribution in [2.45, 2.75) is 38.3 Å². The number of hydrogen-bond acceptors (Lipinski definition) is 3. The molecule has 0 bridgehead atoms. The first-order valence-corrected chi connectivity index (χ1v) is 8.47. The van der Waals surface area contributed by atoms with Gasteiger partial charge in [0.05, 0.1) is 20.2 Å². The zero-order valence-electron chi connectivity index (χ0n) is 14.8. The Morgan fingerprint density at radius 2 is 2.00 bits per heavy atom. The molecule has 1 aromatic carbocycles. The van der Waals surface area contributed by atoms with Crippen molar-refractivity contribution in [1.29, 1.82) is 0 Å². The number of rotatable bonds is 6. The molecule has 24 heavy (non-hydrogen) atoms. The second kappa shape index (κ2) is 9.15. The number of amides is 1. The fraction of sp³-hybridized carbons (Fsp3) is 0.556. The van der Waals surface area contributed by atoms with Gasteiger partial charge in [0.15, 0.2) is 5.96 Å². The molecule has 2 N–H and O–H groups in total. The third-order valence-corrected chi connectivity index (χ3v) is 4.20. The minimum Gasteiger partial charge on any atom is -0.496 e. The molecule has 0 atom stereocenters. The van der Waals surface area contributed by atoms with Crippen LogP contribution in [0.1, 0.15) is 31.2 Å². The number of carbonyl (C=O) groups is 1. The Labute approximate surface area is 144 Å². The quantitative estimate of drug-likeness (QED) is 0.615. The number of nitrogens with one attached hydrogen (secondary N) is 2. The van der Waals surface area contributed by atoms with Crippen molar-refractivity contribution in [2.24, 2.45) is 4.99 Å². The highest BCUT2D eigenvalue weighted by Gasteiger charge is 2.17. The number of hydrogen-bond donors (Lipinski definition) is 2. The second-order valence-corrected chi connectivity index (χ2v) is 6.24. The summed E-state index contributed by atoms with van der Waals surface area (Å²) in [6.45, 7) is 0.736. The number of benzene rings is 1. The van der Waals surface area contributed by atoms with Crippen LogP contribution in [0.3, 0.4) is 0 Å². The molecule has 0 aromatic heterocycles. The van der Waals surface area contributed by atoms with Gasteiger partial charge < -0.3 is 20.3 Å². The maximum atomic E-state index is 11.8. The van der Waals surface area contributed by atoms with Crippen LogP contribution < -0.4 is 15.4 Å². The molecular weight excluding hydrogens is 304 g/mol. The molecule has 0 spiro atoms. The average molecular weight is 332 g/mol. The maximum absolute atomic E-state index is 11.8. The summed E-state index contributed by atoms with van der Waals surface area (Å²) in [6, 6.07) is 8.28. The number of carbonyl (C=O) groups excluding carboxylic acids is 1. The Balaban J connectivity index is 2.03. The van der Waals surface area contributed by atoms with E-state index in [-0.39, 0.29) is 12.5 Å². The molecule has 0 aliphatic heterocycles. The van der Waals surface area contributed by atoms with Gasteiger partial charge in [0.2, 0.25) is 5.91 Å². The Kier molecular flexibility index (Phi) is 6.90. The van der Waals surface area contributed by atoms with Gasteiger partial charge in [0.1, 0.15) is 5.75 Å². The molecule has 1 saturated carbocycles. The number of aliphatic imine (C=N–C) groups is 1. The van der Waals surface area contributed by atoms with Crippen LogP contribution in [0.25, 0.3) is 0 Å². The molecule has 6 nitrogen and oxygen atoms in total. The summed E-state index contributed by atoms with van der Waals surface area (Å²) in [5, 5.41) is 6.59. The topological polar surface area (TPSA) is 66.0 Å². The number of para-hydroxylation sites is 1. The first kappa shape index (κ1) is 18.1. The molecule has 1 fully saturated rings. The third-order valence-electron chi connectivity index (χ3n) is 4.20. The molecule has 0 radical (unpaired) electrons. The molecule has 1 aliphatic carbocycles. The van der Waals surface area contributed by atoms with Crippen molar-refractivity contribution in [3.8, 4) is 5.75 Å². The minimum absolute atomic E-state index is 0.0215. The first-order valence-electron chi connectivity index (χ1n) is 8.47. The van der Waals surface area contributed by atoms with Crippen molar-refractivity contribution < 1.29 is 9.53 Å². The smallest absolute Gasteiger partial charge is 0.241 e. The van der Waals surface area contributed by atoms with E-state index in [0.29, 0.717) is 18.5 Å². The van der Waals surface area contributed by atoms with E-state index in [1.165, 1.54) is 12.8 Å². The molecule has 0 heterocycles. The zero-order valence-corrected chi connectivity index (χ0v) is 14.8. The normalized spacial score (nSPS) is 15.2. The highest BCUT2D eigenvalue weighted by molar-refractivity contribution is 5.86. The molecule has 0 unspecified atom stereocenters. The Morgan fingerprint density at radius 3 is 2.67 bits per heavy atom. The lowest BCUT2D eigenvalue weighted by Crippen LogP contribution is -2.46. The van der Waals surface area contributed by atoms with Gasteiger partial charge in [-0.15, -0.1) is 0 Å². The summed E-state index contributed by atoms with van der Waals surface area (Å²) in [4.78, 5) is 18.0. The minimum atomic E-state index is 0.0215. The standard InChI is InChI=1S/C18H28N4O2/c1-22(2)17(23)13-20-18(21-15-9-5-6-10-15)19-12-14-8-4-7-11-16(14)24-3/h4,7-8,11,15H,5-6,9-10,12-13H2,1-3H3,(H2,19,20,21). The van der Waals surface area contributed by atoms with Crippen LogP contribution in [0.15, 0.2) is 29.3 Å². The van der Waals surface area contributed by atoms with E-state index in [0.717, 1.165) is 24.2 Å². The lowest BCUT2D eigenvalue weighted by molar-refractivity contribution is -0.127. The van der Waals surface area contributed by atoms with Crippen LogP contribution in [-0.2, 0) is 11.3 Å². The van der Waals surface area contributed by atoms with Gasteiger partial charge in [-0.25, -0.2) is 4.99 Å². The van der Waals surface area contributed by atoms with Crippen molar-refractivity contribution >= 4 is 11.9 Å². The van der Waals surface area contributed by atoms with Gasteiger partial charge in [-0.2, -0.15) is 0 Å². The highest BCUT2D eigenvalue weighted by atomic mass is 16.5. The second-order valence-electron chi connectivity index (χ2n) is 6.24. The van der Waals surface area contributed by atoms with Crippen molar-refractivity contribution in [1.82, 2.24) is 15.5 Å². The average Bonchev–Trinajstić information content (AvgIpc) is 3.10. The summed E-state index contributed by atoms with van der Waals surface area (Å²) in [6.07, 6.45) is 4.79. The number of nitrogens with zero attached hydrogens (tertiary/aromatic N) is 2. The molecule has 1 aliphatic rings. The molecular formula is C18H28N4O2. The van der Waals surface area contributed by atoms with Crippen LogP contribution >= 0.6 is 0 Å². The third kappa shape index (κ3) is 5.44. The van der Waals surface area contributed by atoms with E-state index in [4.69, 9.17) is 4.74 Å². The van der Waals surface area contributed by atoms with Crippen LogP contribution in [0, 0.1) is 0 Å². The Bertz CT molecular complexity index is 566. The molecule has 1 amide bonds. The van der Waals surface area contributed by atoms with E-state index >= 15 is 0 Å². The van der Waals surface area contributed by atoms with Crippen molar-refractivity contribution in [2.75, 3.05) is 27.7 Å². The van der Waals surface area contributed by atoms with Gasteiger partial charge in [-0.3, -0.25) is 4.79 Å². The monoisotopic (exact) mass is 332 g/mol. The Hall–Kier alpha value is -2.24. The molecule has 0 saturated heterocycles. The van der Waals surface area contributed by atoms with Gasteiger partial charge in [0.25, 0.3) is 0 Å². The van der Waals surface area contributed by atoms with Crippen LogP contribution in [0.4, 0.5) is 0 Å². The summed E-state index contributed by atoms with van der Waals surface area (Å²) in [5.74, 6) is 1.53. The summed E-state index contributed by atoms with van der Waals surface area (Å²) in [5.41, 5.74) is 1.02. The van der Waals surface area contributed by atoms with E-state index in [1.807, 2.05) is 24.3 Å². The van der Waals surface area contributed by atoms with E-state index < -0.39 is 0 Å². The number of methoxy groups -OCH3 is 1. The SMILES string of the molecule is COc1ccccc1CN=C(NCC(=O)N(C)C)NC1CCCC1. The van der Waals surface area contributed by atoms with E-state index in [2.05, 4.69) is 15.6 Å². The van der Waals surface area contributed by atoms with Gasteiger partial charge in [-0.1, -0.05) is 31.0 Å². The van der Waals surface area contributed by atoms with Crippen LogP contribution in [0.2, 0.25) is 0 Å². The summed E-state index contributed by atoms with van der Waals surface area (Å²) < 4.78 is 5.37. The maximum Gasteiger partial charge on any atom is 0.241 e. The number of ether oxygens (including phenoxy) is 1. The van der Waals surface area contributed by atoms with Crippen LogP contribution in [0.5, 0.6) is 5.75 Å². The van der Waals surface area contributed by atoms with Gasteiger partial charge in [0, 0.05) is 25.7 Å². The number of likely N-dealkylation sites (N-methyl/N-ethyl adjacent to an activating group) is 1. The predicted molar refractivity (Wildman–Crippen MR) is 96.2 cm³/mol. The lowest BCUT2D eigenvalue weighted by Gasteiger charge is -2.18. The summed E-state index contributed by atoms with van der Waals surface area (Å²) >= 11 is 0. The van der Waals surface area contributed by atoms with Gasteiger partial charge in [-0.05, 0) is 18.9 Å². The molecule has 1 aromatic rings. The van der Waals surface area contributed by atoms with E-state index in [9.17, 15) is 4.79 Å². The lowest BCUT2D eigenvalue weighted by atomic mass is 10.2. The largest absolute Gasteiger partial charge is 0.496 e. The summed E-state index contributed by atoms with van der Waals surface area (Å²) in [7, 11) is 5.16. The first-order chi connectivity index (χ1) is 11.6. The number of guanidine groups is 1. The van der Waals surface area contributed by atoms with Crippen molar-refractivity contribution in [3.05, 3.63) is 29.8 Å². The predicted octanol–water partition coefficient (Wildman–Crippen LogP) is 1.76. The van der Waals surface area contributed by atoms with E-state index in [1.54, 1.807) is 26.1 Å². The van der Waals surface area contributed by atoms with Crippen LogP contribution in [-0.4, -0.2) is 50.6 Å².